The SMILES string of the molecule is O=C(Cc1cccnc1Oc1ccc(F)cc1)c1ccc2nc(-c3c(Cl)cccc3Cl)[nH]c2c1. The van der Waals surface area contributed by atoms with Crippen molar-refractivity contribution in [3.63, 3.8) is 0 Å². The van der Waals surface area contributed by atoms with Crippen LogP contribution in [0.4, 0.5) is 4.39 Å². The van der Waals surface area contributed by atoms with Gasteiger partial charge in [0.1, 0.15) is 17.4 Å². The number of ether oxygens (including phenoxy) is 1. The van der Waals surface area contributed by atoms with Crippen molar-refractivity contribution in [2.75, 3.05) is 0 Å². The Morgan fingerprint density at radius 3 is 2.50 bits per heavy atom. The highest BCUT2D eigenvalue weighted by molar-refractivity contribution is 6.39. The van der Waals surface area contributed by atoms with Crippen LogP contribution in [0, 0.1) is 5.82 Å². The molecular formula is C26H16Cl2FN3O2. The van der Waals surface area contributed by atoms with E-state index in [-0.39, 0.29) is 18.0 Å². The molecule has 5 aromatic rings. The van der Waals surface area contributed by atoms with Gasteiger partial charge in [-0.15, -0.1) is 0 Å². The number of ketones is 1. The molecule has 8 heteroatoms. The van der Waals surface area contributed by atoms with Crippen LogP contribution in [0.15, 0.2) is 79.0 Å². The first-order valence-corrected chi connectivity index (χ1v) is 11.1. The quantitative estimate of drug-likeness (QED) is 0.253. The number of pyridine rings is 1. The Morgan fingerprint density at radius 2 is 1.74 bits per heavy atom. The summed E-state index contributed by atoms with van der Waals surface area (Å²) in [7, 11) is 0. The molecular weight excluding hydrogens is 476 g/mol. The minimum Gasteiger partial charge on any atom is -0.439 e. The molecule has 0 atom stereocenters. The molecule has 0 spiro atoms. The normalized spacial score (nSPS) is 11.0. The van der Waals surface area contributed by atoms with Gasteiger partial charge in [-0.1, -0.05) is 35.3 Å². The van der Waals surface area contributed by atoms with Crippen LogP contribution in [0.25, 0.3) is 22.4 Å². The van der Waals surface area contributed by atoms with Crippen LogP contribution in [-0.2, 0) is 6.42 Å². The Hall–Kier alpha value is -3.74. The van der Waals surface area contributed by atoms with Gasteiger partial charge in [0.25, 0.3) is 0 Å². The standard InChI is InChI=1S/C26H16Cl2FN3O2/c27-19-4-1-5-20(28)24(19)25-31-21-11-6-15(13-22(21)32-25)23(33)14-16-3-2-12-30-26(16)34-18-9-7-17(29)8-10-18/h1-13H,14H2,(H,31,32). The fraction of sp³-hybridized carbons (Fsp3) is 0.0385. The number of hydrogen-bond donors (Lipinski definition) is 1. The molecule has 1 N–H and O–H groups in total. The number of carbonyl (C=O) groups excluding carboxylic acids is 1. The third-order valence-electron chi connectivity index (χ3n) is 5.23. The van der Waals surface area contributed by atoms with Gasteiger partial charge in [0.05, 0.1) is 26.6 Å². The van der Waals surface area contributed by atoms with E-state index in [0.29, 0.717) is 55.2 Å². The van der Waals surface area contributed by atoms with Crippen LogP contribution in [0.2, 0.25) is 10.0 Å². The second-order valence-electron chi connectivity index (χ2n) is 7.54. The van der Waals surface area contributed by atoms with Crippen molar-refractivity contribution in [2.24, 2.45) is 0 Å². The highest BCUT2D eigenvalue weighted by Crippen LogP contribution is 2.34. The maximum Gasteiger partial charge on any atom is 0.222 e. The maximum atomic E-state index is 13.2. The number of halogens is 3. The number of imidazole rings is 1. The molecule has 5 nitrogen and oxygen atoms in total. The largest absolute Gasteiger partial charge is 0.439 e. The Kier molecular flexibility index (Phi) is 6.01. The van der Waals surface area contributed by atoms with Gasteiger partial charge in [0.2, 0.25) is 5.88 Å². The third kappa shape index (κ3) is 4.51. The van der Waals surface area contributed by atoms with E-state index < -0.39 is 0 Å². The summed E-state index contributed by atoms with van der Waals surface area (Å²) in [5, 5.41) is 0.959. The highest BCUT2D eigenvalue weighted by atomic mass is 35.5. The van der Waals surface area contributed by atoms with Gasteiger partial charge in [-0.25, -0.2) is 14.4 Å². The number of nitrogens with one attached hydrogen (secondary N) is 1. The summed E-state index contributed by atoms with van der Waals surface area (Å²) in [6.07, 6.45) is 1.65. The molecule has 5 rings (SSSR count). The van der Waals surface area contributed by atoms with Gasteiger partial charge >= 0.3 is 0 Å². The lowest BCUT2D eigenvalue weighted by molar-refractivity contribution is 0.0992. The lowest BCUT2D eigenvalue weighted by atomic mass is 10.0. The molecule has 168 valence electrons. The molecule has 0 saturated heterocycles. The van der Waals surface area contributed by atoms with Crippen LogP contribution < -0.4 is 4.74 Å². The molecule has 0 fully saturated rings. The molecule has 0 unspecified atom stereocenters. The molecule has 0 saturated carbocycles. The van der Waals surface area contributed by atoms with Crippen LogP contribution in [0.1, 0.15) is 15.9 Å². The predicted octanol–water partition coefficient (Wildman–Crippen LogP) is 7.29. The van der Waals surface area contributed by atoms with E-state index in [2.05, 4.69) is 15.0 Å². The summed E-state index contributed by atoms with van der Waals surface area (Å²) >= 11 is 12.6. The minimum absolute atomic E-state index is 0.0766. The smallest absolute Gasteiger partial charge is 0.222 e. The van der Waals surface area contributed by atoms with E-state index >= 15 is 0 Å². The fourth-order valence-electron chi connectivity index (χ4n) is 3.57. The molecule has 2 heterocycles. The molecule has 0 bridgehead atoms. The first kappa shape index (κ1) is 22.1. The number of aromatic amines is 1. The second-order valence-corrected chi connectivity index (χ2v) is 8.35. The summed E-state index contributed by atoms with van der Waals surface area (Å²) in [5.41, 5.74) is 3.09. The lowest BCUT2D eigenvalue weighted by Crippen LogP contribution is -2.05. The Labute approximate surface area is 204 Å². The number of nitrogens with zero attached hydrogens (tertiary/aromatic N) is 2. The number of carbonyl (C=O) groups is 1. The van der Waals surface area contributed by atoms with E-state index in [1.54, 1.807) is 54.7 Å². The van der Waals surface area contributed by atoms with Crippen molar-refractivity contribution in [1.29, 1.82) is 0 Å². The molecule has 0 radical (unpaired) electrons. The third-order valence-corrected chi connectivity index (χ3v) is 5.86. The van der Waals surface area contributed by atoms with Gasteiger partial charge in [0, 0.05) is 23.7 Å². The number of rotatable bonds is 6. The van der Waals surface area contributed by atoms with E-state index in [1.807, 2.05) is 0 Å². The Morgan fingerprint density at radius 1 is 0.971 bits per heavy atom. The van der Waals surface area contributed by atoms with Gasteiger partial charge in [-0.05, 0) is 60.7 Å². The zero-order valence-corrected chi connectivity index (χ0v) is 19.1. The molecule has 2 aromatic heterocycles. The maximum absolute atomic E-state index is 13.2. The Bertz CT molecular complexity index is 1500. The first-order valence-electron chi connectivity index (χ1n) is 10.3. The predicted molar refractivity (Wildman–Crippen MR) is 130 cm³/mol. The van der Waals surface area contributed by atoms with Crippen LogP contribution >= 0.6 is 23.2 Å². The summed E-state index contributed by atoms with van der Waals surface area (Å²) < 4.78 is 19.0. The fourth-order valence-corrected chi connectivity index (χ4v) is 4.14. The van der Waals surface area contributed by atoms with Crippen molar-refractivity contribution in [2.45, 2.75) is 6.42 Å². The number of benzene rings is 3. The number of H-pyrrole nitrogens is 1. The average molecular weight is 492 g/mol. The monoisotopic (exact) mass is 491 g/mol. The molecule has 0 amide bonds. The number of aromatic nitrogens is 3. The van der Waals surface area contributed by atoms with Crippen molar-refractivity contribution in [3.05, 3.63) is 106 Å². The molecule has 0 aliphatic rings. The van der Waals surface area contributed by atoms with Crippen LogP contribution in [0.5, 0.6) is 11.6 Å². The molecule has 0 aliphatic heterocycles. The van der Waals surface area contributed by atoms with Crippen molar-refractivity contribution in [1.82, 2.24) is 15.0 Å². The highest BCUT2D eigenvalue weighted by Gasteiger charge is 2.16. The summed E-state index contributed by atoms with van der Waals surface area (Å²) in [6, 6.07) is 19.6. The zero-order chi connectivity index (χ0) is 23.7. The second kappa shape index (κ2) is 9.25. The van der Waals surface area contributed by atoms with Crippen LogP contribution in [0.3, 0.4) is 0 Å². The number of Topliss-reactive ketones (excluding diaryl/α,β-unsaturated/α-hetero) is 1. The molecule has 34 heavy (non-hydrogen) atoms. The zero-order valence-electron chi connectivity index (χ0n) is 17.6. The van der Waals surface area contributed by atoms with E-state index in [9.17, 15) is 9.18 Å². The van der Waals surface area contributed by atoms with Gasteiger partial charge in [-0.2, -0.15) is 0 Å². The number of fused-ring (bicyclic) bond motifs is 1. The molecule has 0 aliphatic carbocycles. The number of hydrogen-bond acceptors (Lipinski definition) is 4. The summed E-state index contributed by atoms with van der Waals surface area (Å²) in [6.45, 7) is 0. The van der Waals surface area contributed by atoms with Crippen molar-refractivity contribution >= 4 is 40.0 Å². The Balaban J connectivity index is 1.41. The average Bonchev–Trinajstić information content (AvgIpc) is 3.24. The van der Waals surface area contributed by atoms with Gasteiger partial charge < -0.3 is 9.72 Å². The van der Waals surface area contributed by atoms with E-state index in [0.717, 1.165) is 0 Å². The van der Waals surface area contributed by atoms with Gasteiger partial charge in [0.15, 0.2) is 5.78 Å². The van der Waals surface area contributed by atoms with E-state index in [4.69, 9.17) is 27.9 Å². The molecule has 3 aromatic carbocycles. The van der Waals surface area contributed by atoms with Gasteiger partial charge in [-0.3, -0.25) is 4.79 Å². The summed E-state index contributed by atoms with van der Waals surface area (Å²) in [5.74, 6) is 0.764. The minimum atomic E-state index is -0.363. The van der Waals surface area contributed by atoms with Crippen LogP contribution in [-0.4, -0.2) is 20.7 Å². The van der Waals surface area contributed by atoms with Crippen molar-refractivity contribution < 1.29 is 13.9 Å². The summed E-state index contributed by atoms with van der Waals surface area (Å²) in [4.78, 5) is 25.1. The lowest BCUT2D eigenvalue weighted by Gasteiger charge is -2.09. The van der Waals surface area contributed by atoms with E-state index in [1.165, 1.54) is 24.3 Å². The van der Waals surface area contributed by atoms with Crippen molar-refractivity contribution in [3.8, 4) is 23.0 Å². The topological polar surface area (TPSA) is 67.9 Å². The first-order chi connectivity index (χ1) is 16.5.